The topological polar surface area (TPSA) is 53.4 Å². The molecule has 0 aromatic carbocycles. The molecule has 1 N–H and O–H groups in total. The van der Waals surface area contributed by atoms with Crippen molar-refractivity contribution < 1.29 is 9.90 Å². The zero-order valence-corrected chi connectivity index (χ0v) is 8.98. The summed E-state index contributed by atoms with van der Waals surface area (Å²) < 4.78 is 0. The predicted molar refractivity (Wildman–Crippen MR) is 59.4 cm³/mol. The summed E-state index contributed by atoms with van der Waals surface area (Å²) in [5, 5.41) is 8.83. The number of hydrogen-bond acceptors (Lipinski definition) is 3. The van der Waals surface area contributed by atoms with Crippen molar-refractivity contribution in [3.8, 4) is 0 Å². The fourth-order valence-electron chi connectivity index (χ4n) is 1.71. The van der Waals surface area contributed by atoms with Gasteiger partial charge in [0.15, 0.2) is 0 Å². The van der Waals surface area contributed by atoms with Crippen molar-refractivity contribution in [2.75, 3.05) is 18.0 Å². The normalized spacial score (nSPS) is 19.7. The summed E-state index contributed by atoms with van der Waals surface area (Å²) in [5.74, 6) is -0.0725. The molecule has 1 aromatic rings. The monoisotopic (exact) mass is 228 g/mol. The fraction of sp³-hybridized carbons (Fsp3) is 0.400. The molecule has 1 aromatic heterocycles. The smallest absolute Gasteiger partial charge is 0.308 e. The van der Waals surface area contributed by atoms with Gasteiger partial charge in [0.1, 0.15) is 5.82 Å². The Hall–Kier alpha value is -1.29. The predicted octanol–water partition coefficient (Wildman–Crippen LogP) is 1.41. The van der Waals surface area contributed by atoms with Gasteiger partial charge in [-0.3, -0.25) is 4.79 Å². The summed E-state index contributed by atoms with van der Waals surface area (Å²) in [6, 6.07) is 5.68. The Morgan fingerprint density at radius 1 is 1.53 bits per heavy atom. The maximum absolute atomic E-state index is 10.7. The van der Waals surface area contributed by atoms with Crippen LogP contribution in [0.15, 0.2) is 24.4 Å². The molecule has 2 heterocycles. The summed E-state index contributed by atoms with van der Waals surface area (Å²) in [6.45, 7) is 1.36. The van der Waals surface area contributed by atoms with Gasteiger partial charge in [0.05, 0.1) is 5.92 Å². The lowest BCUT2D eigenvalue weighted by Crippen LogP contribution is -2.23. The van der Waals surface area contributed by atoms with Crippen molar-refractivity contribution in [1.29, 1.82) is 0 Å². The lowest BCUT2D eigenvalue weighted by atomic mass is 10.1. The summed E-state index contributed by atoms with van der Waals surface area (Å²) >= 11 is 0. The van der Waals surface area contributed by atoms with Gasteiger partial charge in [-0.2, -0.15) is 0 Å². The number of carbonyl (C=O) groups is 1. The van der Waals surface area contributed by atoms with Crippen molar-refractivity contribution in [2.24, 2.45) is 5.92 Å². The molecule has 4 nitrogen and oxygen atoms in total. The van der Waals surface area contributed by atoms with Crippen LogP contribution in [0.25, 0.3) is 0 Å². The Balaban J connectivity index is 0.00000112. The van der Waals surface area contributed by atoms with Gasteiger partial charge >= 0.3 is 5.97 Å². The van der Waals surface area contributed by atoms with Crippen molar-refractivity contribution in [1.82, 2.24) is 4.98 Å². The largest absolute Gasteiger partial charge is 0.481 e. The van der Waals surface area contributed by atoms with Crippen LogP contribution in [-0.2, 0) is 4.79 Å². The zero-order valence-electron chi connectivity index (χ0n) is 8.17. The quantitative estimate of drug-likeness (QED) is 0.832. The highest BCUT2D eigenvalue weighted by molar-refractivity contribution is 5.85. The molecular formula is C10H13ClN2O2. The molecule has 0 spiro atoms. The van der Waals surface area contributed by atoms with Gasteiger partial charge in [-0.15, -0.1) is 12.4 Å². The summed E-state index contributed by atoms with van der Waals surface area (Å²) in [4.78, 5) is 16.9. The molecule has 5 heteroatoms. The number of hydrogen-bond donors (Lipinski definition) is 1. The molecule has 15 heavy (non-hydrogen) atoms. The van der Waals surface area contributed by atoms with Crippen LogP contribution in [0.4, 0.5) is 5.82 Å². The van der Waals surface area contributed by atoms with E-state index in [-0.39, 0.29) is 18.3 Å². The van der Waals surface area contributed by atoms with Crippen LogP contribution in [0.5, 0.6) is 0 Å². The maximum Gasteiger partial charge on any atom is 0.308 e. The van der Waals surface area contributed by atoms with E-state index >= 15 is 0 Å². The number of nitrogens with zero attached hydrogens (tertiary/aromatic N) is 2. The number of aromatic nitrogens is 1. The molecule has 1 atom stereocenters. The Kier molecular flexibility index (Phi) is 3.91. The Bertz CT molecular complexity index is 331. The third kappa shape index (κ3) is 2.59. The number of carboxylic acid groups (broad SMARTS) is 1. The molecule has 0 bridgehead atoms. The molecule has 0 radical (unpaired) electrons. The molecule has 0 aliphatic carbocycles. The van der Waals surface area contributed by atoms with Crippen molar-refractivity contribution in [3.05, 3.63) is 24.4 Å². The summed E-state index contributed by atoms with van der Waals surface area (Å²) in [7, 11) is 0. The number of pyridine rings is 1. The van der Waals surface area contributed by atoms with E-state index in [9.17, 15) is 4.79 Å². The first kappa shape index (κ1) is 11.8. The van der Waals surface area contributed by atoms with E-state index < -0.39 is 5.97 Å². The Morgan fingerprint density at radius 2 is 2.33 bits per heavy atom. The highest BCUT2D eigenvalue weighted by Gasteiger charge is 2.28. The minimum atomic E-state index is -0.705. The van der Waals surface area contributed by atoms with E-state index in [1.54, 1.807) is 6.20 Å². The van der Waals surface area contributed by atoms with Crippen LogP contribution in [0.1, 0.15) is 6.42 Å². The van der Waals surface area contributed by atoms with Gasteiger partial charge in [-0.05, 0) is 18.6 Å². The van der Waals surface area contributed by atoms with Crippen LogP contribution >= 0.6 is 12.4 Å². The van der Waals surface area contributed by atoms with E-state index in [1.165, 1.54) is 0 Å². The lowest BCUT2D eigenvalue weighted by molar-refractivity contribution is -0.140. The average molecular weight is 229 g/mol. The molecule has 1 saturated heterocycles. The molecular weight excluding hydrogens is 216 g/mol. The molecule has 1 aliphatic heterocycles. The van der Waals surface area contributed by atoms with Gasteiger partial charge in [0.2, 0.25) is 0 Å². The maximum atomic E-state index is 10.7. The Morgan fingerprint density at radius 3 is 2.87 bits per heavy atom. The first-order valence-corrected chi connectivity index (χ1v) is 4.66. The minimum Gasteiger partial charge on any atom is -0.481 e. The third-order valence-corrected chi connectivity index (χ3v) is 2.51. The van der Waals surface area contributed by atoms with Gasteiger partial charge in [0, 0.05) is 19.3 Å². The highest BCUT2D eigenvalue weighted by Crippen LogP contribution is 2.21. The van der Waals surface area contributed by atoms with E-state index in [0.29, 0.717) is 13.0 Å². The van der Waals surface area contributed by atoms with Crippen molar-refractivity contribution >= 4 is 24.2 Å². The highest BCUT2D eigenvalue weighted by atomic mass is 35.5. The van der Waals surface area contributed by atoms with Crippen molar-refractivity contribution in [2.45, 2.75) is 6.42 Å². The van der Waals surface area contributed by atoms with Crippen molar-refractivity contribution in [3.63, 3.8) is 0 Å². The summed E-state index contributed by atoms with van der Waals surface area (Å²) in [5.41, 5.74) is 0. The number of aliphatic carboxylic acids is 1. The molecule has 1 aliphatic rings. The molecule has 2 rings (SSSR count). The molecule has 0 saturated carbocycles. The second-order valence-corrected chi connectivity index (χ2v) is 3.46. The van der Waals surface area contributed by atoms with Crippen LogP contribution in [-0.4, -0.2) is 29.1 Å². The Labute approximate surface area is 94.3 Å². The van der Waals surface area contributed by atoms with E-state index in [0.717, 1.165) is 12.4 Å². The summed E-state index contributed by atoms with van der Waals surface area (Å²) in [6.07, 6.45) is 2.44. The number of rotatable bonds is 2. The van der Waals surface area contributed by atoms with Gasteiger partial charge in [-0.1, -0.05) is 6.07 Å². The van der Waals surface area contributed by atoms with E-state index in [2.05, 4.69) is 4.98 Å². The van der Waals surface area contributed by atoms with E-state index in [4.69, 9.17) is 5.11 Å². The molecule has 82 valence electrons. The third-order valence-electron chi connectivity index (χ3n) is 2.51. The molecule has 0 amide bonds. The van der Waals surface area contributed by atoms with Crippen LogP contribution in [0.3, 0.4) is 0 Å². The number of carboxylic acids is 1. The number of anilines is 1. The van der Waals surface area contributed by atoms with Gasteiger partial charge in [-0.25, -0.2) is 4.98 Å². The first-order valence-electron chi connectivity index (χ1n) is 4.66. The van der Waals surface area contributed by atoms with E-state index in [1.807, 2.05) is 23.1 Å². The molecule has 1 unspecified atom stereocenters. The SMILES string of the molecule is Cl.O=C(O)C1CCN(c2ccccn2)C1. The first-order chi connectivity index (χ1) is 6.77. The minimum absolute atomic E-state index is 0. The van der Waals surface area contributed by atoms with Crippen LogP contribution in [0.2, 0.25) is 0 Å². The number of halogens is 1. The second kappa shape index (κ2) is 4.98. The van der Waals surface area contributed by atoms with Gasteiger partial charge < -0.3 is 10.0 Å². The molecule has 1 fully saturated rings. The van der Waals surface area contributed by atoms with Gasteiger partial charge in [0.25, 0.3) is 0 Å². The fourth-order valence-corrected chi connectivity index (χ4v) is 1.71. The lowest BCUT2D eigenvalue weighted by Gasteiger charge is -2.15. The van der Waals surface area contributed by atoms with Crippen LogP contribution in [0, 0.1) is 5.92 Å². The average Bonchev–Trinajstić information content (AvgIpc) is 2.68. The second-order valence-electron chi connectivity index (χ2n) is 3.46. The zero-order chi connectivity index (χ0) is 9.97. The standard InChI is InChI=1S/C10H12N2O2.ClH/c13-10(14)8-4-6-12(7-8)9-3-1-2-5-11-9;/h1-3,5,8H,4,6-7H2,(H,13,14);1H. The van der Waals surface area contributed by atoms with Crippen LogP contribution < -0.4 is 4.90 Å².